The van der Waals surface area contributed by atoms with Gasteiger partial charge in [-0.3, -0.25) is 0 Å². The van der Waals surface area contributed by atoms with Gasteiger partial charge in [0, 0.05) is 31.5 Å². The van der Waals surface area contributed by atoms with Gasteiger partial charge in [0.1, 0.15) is 0 Å². The second-order valence-corrected chi connectivity index (χ2v) is 7.99. The molecule has 1 fully saturated rings. The van der Waals surface area contributed by atoms with E-state index in [1.807, 2.05) is 18.4 Å². The Kier molecular flexibility index (Phi) is 5.11. The molecule has 5 nitrogen and oxygen atoms in total. The average Bonchev–Trinajstić information content (AvgIpc) is 2.85. The standard InChI is InChI=1S/C15H27N3O2S/c1-4-16-10-13-9-14(11-18(13)5-2)21(19,20)17-12-15(3)7-6-8-15/h9,11,16-17H,4-8,10,12H2,1-3H3. The van der Waals surface area contributed by atoms with Gasteiger partial charge in [0.05, 0.1) is 4.90 Å². The van der Waals surface area contributed by atoms with E-state index in [-0.39, 0.29) is 5.41 Å². The van der Waals surface area contributed by atoms with Crippen LogP contribution in [0.15, 0.2) is 17.2 Å². The summed E-state index contributed by atoms with van der Waals surface area (Å²) < 4.78 is 29.6. The van der Waals surface area contributed by atoms with Crippen molar-refractivity contribution < 1.29 is 8.42 Å². The Bertz CT molecular complexity index is 574. The highest BCUT2D eigenvalue weighted by atomic mass is 32.2. The summed E-state index contributed by atoms with van der Waals surface area (Å²) in [5.41, 5.74) is 1.15. The number of hydrogen-bond acceptors (Lipinski definition) is 3. The average molecular weight is 313 g/mol. The lowest BCUT2D eigenvalue weighted by Gasteiger charge is -2.38. The zero-order valence-corrected chi connectivity index (χ0v) is 14.1. The van der Waals surface area contributed by atoms with Crippen LogP contribution >= 0.6 is 0 Å². The highest BCUT2D eigenvalue weighted by Crippen LogP contribution is 2.39. The van der Waals surface area contributed by atoms with Gasteiger partial charge in [-0.15, -0.1) is 0 Å². The van der Waals surface area contributed by atoms with Gasteiger partial charge in [-0.25, -0.2) is 13.1 Å². The smallest absolute Gasteiger partial charge is 0.242 e. The predicted molar refractivity (Wildman–Crippen MR) is 84.6 cm³/mol. The predicted octanol–water partition coefficient (Wildman–Crippen LogP) is 2.09. The van der Waals surface area contributed by atoms with Gasteiger partial charge in [0.2, 0.25) is 10.0 Å². The van der Waals surface area contributed by atoms with Crippen LogP contribution in [0.1, 0.15) is 45.7 Å². The van der Waals surface area contributed by atoms with E-state index >= 15 is 0 Å². The Balaban J connectivity index is 2.09. The van der Waals surface area contributed by atoms with Gasteiger partial charge in [0.25, 0.3) is 0 Å². The largest absolute Gasteiger partial charge is 0.349 e. The molecule has 0 spiro atoms. The first-order valence-corrected chi connectivity index (χ1v) is 9.28. The van der Waals surface area contributed by atoms with Gasteiger partial charge in [-0.05, 0) is 37.8 Å². The molecule has 0 aromatic carbocycles. The van der Waals surface area contributed by atoms with Gasteiger partial charge in [-0.2, -0.15) is 0 Å². The molecule has 21 heavy (non-hydrogen) atoms. The molecule has 0 atom stereocenters. The minimum absolute atomic E-state index is 0.146. The molecule has 1 aliphatic carbocycles. The molecule has 0 unspecified atom stereocenters. The lowest BCUT2D eigenvalue weighted by molar-refractivity contribution is 0.166. The van der Waals surface area contributed by atoms with E-state index in [0.717, 1.165) is 31.6 Å². The molecule has 1 saturated carbocycles. The molecule has 1 heterocycles. The Hall–Kier alpha value is -0.850. The summed E-state index contributed by atoms with van der Waals surface area (Å²) in [7, 11) is -3.41. The number of nitrogens with zero attached hydrogens (tertiary/aromatic N) is 1. The van der Waals surface area contributed by atoms with E-state index in [1.54, 1.807) is 12.3 Å². The number of rotatable bonds is 8. The zero-order chi connectivity index (χ0) is 15.5. The van der Waals surface area contributed by atoms with E-state index in [4.69, 9.17) is 0 Å². The van der Waals surface area contributed by atoms with Crippen LogP contribution < -0.4 is 10.0 Å². The number of aryl methyl sites for hydroxylation is 1. The van der Waals surface area contributed by atoms with Gasteiger partial charge in [0.15, 0.2) is 0 Å². The summed E-state index contributed by atoms with van der Waals surface area (Å²) >= 11 is 0. The van der Waals surface area contributed by atoms with E-state index in [1.165, 1.54) is 6.42 Å². The van der Waals surface area contributed by atoms with E-state index < -0.39 is 10.0 Å². The molecule has 2 N–H and O–H groups in total. The second-order valence-electron chi connectivity index (χ2n) is 6.22. The molecule has 1 aromatic heterocycles. The molecule has 1 aromatic rings. The highest BCUT2D eigenvalue weighted by Gasteiger charge is 2.33. The summed E-state index contributed by atoms with van der Waals surface area (Å²) in [5.74, 6) is 0. The van der Waals surface area contributed by atoms with Crippen LogP contribution in [-0.4, -0.2) is 26.1 Å². The number of nitrogens with one attached hydrogen (secondary N) is 2. The maximum atomic E-state index is 12.4. The summed E-state index contributed by atoms with van der Waals surface area (Å²) in [5, 5.41) is 3.24. The summed E-state index contributed by atoms with van der Waals surface area (Å²) in [6.45, 7) is 9.08. The molecule has 0 aliphatic heterocycles. The third kappa shape index (κ3) is 3.87. The van der Waals surface area contributed by atoms with Crippen LogP contribution in [0, 0.1) is 5.41 Å². The molecule has 120 valence electrons. The molecule has 0 radical (unpaired) electrons. The maximum absolute atomic E-state index is 12.4. The third-order valence-corrected chi connectivity index (χ3v) is 5.79. The second kappa shape index (κ2) is 6.50. The van der Waals surface area contributed by atoms with Gasteiger partial charge < -0.3 is 9.88 Å². The minimum atomic E-state index is -3.41. The quantitative estimate of drug-likeness (QED) is 0.772. The first kappa shape index (κ1) is 16.5. The van der Waals surface area contributed by atoms with Crippen LogP contribution in [0.3, 0.4) is 0 Å². The fourth-order valence-electron chi connectivity index (χ4n) is 2.68. The van der Waals surface area contributed by atoms with Crippen molar-refractivity contribution in [3.63, 3.8) is 0 Å². The zero-order valence-electron chi connectivity index (χ0n) is 13.3. The Morgan fingerprint density at radius 1 is 1.33 bits per heavy atom. The van der Waals surface area contributed by atoms with Crippen LogP contribution in [0.2, 0.25) is 0 Å². The first-order valence-electron chi connectivity index (χ1n) is 7.79. The fourth-order valence-corrected chi connectivity index (χ4v) is 3.94. The Morgan fingerprint density at radius 3 is 2.57 bits per heavy atom. The lowest BCUT2D eigenvalue weighted by atomic mass is 9.71. The third-order valence-electron chi connectivity index (χ3n) is 4.42. The van der Waals surface area contributed by atoms with Crippen molar-refractivity contribution in [1.82, 2.24) is 14.6 Å². The van der Waals surface area contributed by atoms with E-state index in [9.17, 15) is 8.42 Å². The highest BCUT2D eigenvalue weighted by molar-refractivity contribution is 7.89. The molecule has 0 bridgehead atoms. The van der Waals surface area contributed by atoms with Crippen molar-refractivity contribution in [2.45, 2.75) is 58.0 Å². The summed E-state index contributed by atoms with van der Waals surface area (Å²) in [6, 6.07) is 1.78. The van der Waals surface area contributed by atoms with Crippen molar-refractivity contribution in [2.24, 2.45) is 5.41 Å². The van der Waals surface area contributed by atoms with Crippen molar-refractivity contribution in [3.8, 4) is 0 Å². The summed E-state index contributed by atoms with van der Waals surface area (Å²) in [6.07, 6.45) is 5.16. The molecule has 0 amide bonds. The first-order chi connectivity index (χ1) is 9.90. The number of sulfonamides is 1. The van der Waals surface area contributed by atoms with Crippen LogP contribution in [0.25, 0.3) is 0 Å². The lowest BCUT2D eigenvalue weighted by Crippen LogP contribution is -2.39. The van der Waals surface area contributed by atoms with Crippen LogP contribution in [-0.2, 0) is 23.1 Å². The van der Waals surface area contributed by atoms with Gasteiger partial charge in [-0.1, -0.05) is 20.3 Å². The van der Waals surface area contributed by atoms with Crippen molar-refractivity contribution in [3.05, 3.63) is 18.0 Å². The van der Waals surface area contributed by atoms with Crippen molar-refractivity contribution in [1.29, 1.82) is 0 Å². The van der Waals surface area contributed by atoms with Crippen molar-refractivity contribution >= 4 is 10.0 Å². The minimum Gasteiger partial charge on any atom is -0.349 e. The fraction of sp³-hybridized carbons (Fsp3) is 0.733. The van der Waals surface area contributed by atoms with Crippen LogP contribution in [0.5, 0.6) is 0 Å². The molecule has 2 rings (SSSR count). The summed E-state index contributed by atoms with van der Waals surface area (Å²) in [4.78, 5) is 0.375. The monoisotopic (exact) mass is 313 g/mol. The number of hydrogen-bond donors (Lipinski definition) is 2. The Labute approximate surface area is 128 Å². The molecule has 6 heteroatoms. The van der Waals surface area contributed by atoms with E-state index in [0.29, 0.717) is 18.0 Å². The maximum Gasteiger partial charge on any atom is 0.242 e. The van der Waals surface area contributed by atoms with Crippen LogP contribution in [0.4, 0.5) is 0 Å². The molecular formula is C15H27N3O2S. The SMILES string of the molecule is CCNCc1cc(S(=O)(=O)NCC2(C)CCC2)cn1CC. The van der Waals surface area contributed by atoms with Gasteiger partial charge >= 0.3 is 0 Å². The van der Waals surface area contributed by atoms with Crippen molar-refractivity contribution in [2.75, 3.05) is 13.1 Å². The topological polar surface area (TPSA) is 63.1 Å². The Morgan fingerprint density at radius 2 is 2.05 bits per heavy atom. The molecular weight excluding hydrogens is 286 g/mol. The molecule has 1 aliphatic rings. The number of aromatic nitrogens is 1. The normalized spacial score (nSPS) is 17.7. The van der Waals surface area contributed by atoms with E-state index in [2.05, 4.69) is 17.0 Å². The molecule has 0 saturated heterocycles.